The molecule has 4 heteroatoms. The third-order valence-electron chi connectivity index (χ3n) is 3.26. The highest BCUT2D eigenvalue weighted by Gasteiger charge is 2.11. The molecule has 0 saturated heterocycles. The lowest BCUT2D eigenvalue weighted by Crippen LogP contribution is -2.30. The Bertz CT molecular complexity index is 636. The van der Waals surface area contributed by atoms with Crippen LogP contribution >= 0.6 is 0 Å². The van der Waals surface area contributed by atoms with E-state index < -0.39 is 5.97 Å². The molecule has 2 aromatic carbocycles. The van der Waals surface area contributed by atoms with Crippen LogP contribution in [0, 0.1) is 0 Å². The second-order valence-corrected chi connectivity index (χ2v) is 4.82. The van der Waals surface area contributed by atoms with Crippen molar-refractivity contribution in [3.8, 4) is 0 Å². The lowest BCUT2D eigenvalue weighted by Gasteiger charge is -2.16. The molecule has 0 aliphatic heterocycles. The van der Waals surface area contributed by atoms with Crippen LogP contribution in [-0.4, -0.2) is 35.5 Å². The summed E-state index contributed by atoms with van der Waals surface area (Å²) in [6, 6.07) is 13.9. The van der Waals surface area contributed by atoms with Crippen LogP contribution in [0.25, 0.3) is 10.8 Å². The van der Waals surface area contributed by atoms with Gasteiger partial charge >= 0.3 is 5.97 Å². The molecule has 0 bridgehead atoms. The molecule has 1 N–H and O–H groups in total. The van der Waals surface area contributed by atoms with Gasteiger partial charge in [-0.3, -0.25) is 9.59 Å². The van der Waals surface area contributed by atoms with E-state index in [0.717, 1.165) is 16.3 Å². The molecule has 0 aromatic heterocycles. The summed E-state index contributed by atoms with van der Waals surface area (Å²) in [5.74, 6) is -0.961. The van der Waals surface area contributed by atoms with E-state index in [1.165, 1.54) is 4.90 Å². The van der Waals surface area contributed by atoms with Gasteiger partial charge in [-0.25, -0.2) is 0 Å². The van der Waals surface area contributed by atoms with E-state index in [2.05, 4.69) is 0 Å². The van der Waals surface area contributed by atoms with Gasteiger partial charge in [0.2, 0.25) is 5.91 Å². The summed E-state index contributed by atoms with van der Waals surface area (Å²) in [7, 11) is 1.63. The van der Waals surface area contributed by atoms with Crippen molar-refractivity contribution in [2.45, 2.75) is 12.8 Å². The summed E-state index contributed by atoms with van der Waals surface area (Å²) in [5, 5.41) is 10.9. The molecular formula is C16H17NO3. The summed E-state index contributed by atoms with van der Waals surface area (Å²) in [5.41, 5.74) is 0.941. The largest absolute Gasteiger partial charge is 0.481 e. The Morgan fingerprint density at radius 3 is 2.50 bits per heavy atom. The molecule has 0 radical (unpaired) electrons. The molecule has 1 amide bonds. The Kier molecular flexibility index (Phi) is 4.35. The predicted molar refractivity (Wildman–Crippen MR) is 77.5 cm³/mol. The number of carbonyl (C=O) groups excluding carboxylic acids is 1. The number of rotatable bonds is 5. The van der Waals surface area contributed by atoms with Gasteiger partial charge in [0.25, 0.3) is 0 Å². The highest BCUT2D eigenvalue weighted by atomic mass is 16.4. The van der Waals surface area contributed by atoms with Crippen LogP contribution in [0.2, 0.25) is 0 Å². The molecule has 0 unspecified atom stereocenters. The first-order valence-corrected chi connectivity index (χ1v) is 6.49. The van der Waals surface area contributed by atoms with Crippen molar-refractivity contribution in [2.75, 3.05) is 13.6 Å². The highest BCUT2D eigenvalue weighted by Crippen LogP contribution is 2.16. The van der Waals surface area contributed by atoms with E-state index in [4.69, 9.17) is 5.11 Å². The minimum absolute atomic E-state index is 0.0278. The fourth-order valence-corrected chi connectivity index (χ4v) is 2.05. The van der Waals surface area contributed by atoms with Crippen molar-refractivity contribution in [3.63, 3.8) is 0 Å². The summed E-state index contributed by atoms with van der Waals surface area (Å²) in [4.78, 5) is 23.9. The van der Waals surface area contributed by atoms with Gasteiger partial charge in [0.15, 0.2) is 0 Å². The van der Waals surface area contributed by atoms with Gasteiger partial charge in [-0.1, -0.05) is 42.5 Å². The van der Waals surface area contributed by atoms with Crippen molar-refractivity contribution in [1.82, 2.24) is 4.90 Å². The Morgan fingerprint density at radius 2 is 1.80 bits per heavy atom. The van der Waals surface area contributed by atoms with Crippen molar-refractivity contribution in [2.24, 2.45) is 0 Å². The second kappa shape index (κ2) is 6.19. The Morgan fingerprint density at radius 1 is 1.10 bits per heavy atom. The van der Waals surface area contributed by atoms with Gasteiger partial charge in [-0.2, -0.15) is 0 Å². The lowest BCUT2D eigenvalue weighted by molar-refractivity contribution is -0.138. The Balaban J connectivity index is 2.03. The normalized spacial score (nSPS) is 10.4. The number of likely N-dealkylation sites (N-methyl/N-ethyl adjacent to an activating group) is 1. The van der Waals surface area contributed by atoms with Crippen molar-refractivity contribution in [1.29, 1.82) is 0 Å². The molecule has 0 heterocycles. The van der Waals surface area contributed by atoms with E-state index >= 15 is 0 Å². The number of fused-ring (bicyclic) bond motifs is 1. The lowest BCUT2D eigenvalue weighted by atomic mass is 10.0. The van der Waals surface area contributed by atoms with Crippen LogP contribution in [-0.2, 0) is 16.0 Å². The van der Waals surface area contributed by atoms with Crippen LogP contribution in [0.4, 0.5) is 0 Å². The van der Waals surface area contributed by atoms with Crippen LogP contribution in [0.5, 0.6) is 0 Å². The first-order chi connectivity index (χ1) is 9.56. The second-order valence-electron chi connectivity index (χ2n) is 4.82. The molecule has 20 heavy (non-hydrogen) atoms. The molecule has 0 aliphatic carbocycles. The van der Waals surface area contributed by atoms with Gasteiger partial charge < -0.3 is 10.0 Å². The van der Waals surface area contributed by atoms with Gasteiger partial charge in [-0.05, 0) is 16.3 Å². The minimum atomic E-state index is -0.893. The number of nitrogens with zero attached hydrogens (tertiary/aromatic N) is 1. The minimum Gasteiger partial charge on any atom is -0.481 e. The third kappa shape index (κ3) is 3.57. The number of amides is 1. The molecule has 0 aliphatic rings. The maximum absolute atomic E-state index is 12.0. The first-order valence-electron chi connectivity index (χ1n) is 6.49. The smallest absolute Gasteiger partial charge is 0.305 e. The van der Waals surface area contributed by atoms with Crippen molar-refractivity contribution < 1.29 is 14.7 Å². The summed E-state index contributed by atoms with van der Waals surface area (Å²) < 4.78 is 0. The average molecular weight is 271 g/mol. The fraction of sp³-hybridized carbons (Fsp3) is 0.250. The number of carboxylic acids is 1. The summed E-state index contributed by atoms with van der Waals surface area (Å²) >= 11 is 0. The van der Waals surface area contributed by atoms with Crippen LogP contribution in [0.3, 0.4) is 0 Å². The summed E-state index contributed by atoms with van der Waals surface area (Å²) in [6.45, 7) is 0.238. The van der Waals surface area contributed by atoms with Gasteiger partial charge in [0.05, 0.1) is 12.8 Å². The van der Waals surface area contributed by atoms with Crippen LogP contribution in [0.15, 0.2) is 42.5 Å². The Labute approximate surface area is 117 Å². The third-order valence-corrected chi connectivity index (χ3v) is 3.26. The van der Waals surface area contributed by atoms with E-state index in [-0.39, 0.29) is 18.9 Å². The van der Waals surface area contributed by atoms with E-state index in [1.54, 1.807) is 7.05 Å². The van der Waals surface area contributed by atoms with Gasteiger partial charge in [-0.15, -0.1) is 0 Å². The van der Waals surface area contributed by atoms with E-state index in [1.807, 2.05) is 42.5 Å². The van der Waals surface area contributed by atoms with E-state index in [0.29, 0.717) is 6.42 Å². The molecule has 2 aromatic rings. The molecule has 0 atom stereocenters. The maximum Gasteiger partial charge on any atom is 0.305 e. The zero-order valence-electron chi connectivity index (χ0n) is 11.4. The molecule has 0 spiro atoms. The van der Waals surface area contributed by atoms with Crippen molar-refractivity contribution >= 4 is 22.6 Å². The Hall–Kier alpha value is -2.36. The number of benzene rings is 2. The average Bonchev–Trinajstić information content (AvgIpc) is 2.44. The fourth-order valence-electron chi connectivity index (χ4n) is 2.05. The number of carboxylic acid groups (broad SMARTS) is 1. The number of carbonyl (C=O) groups is 2. The maximum atomic E-state index is 12.0. The van der Waals surface area contributed by atoms with Crippen LogP contribution < -0.4 is 0 Å². The predicted octanol–water partition coefficient (Wildman–Crippen LogP) is 2.32. The quantitative estimate of drug-likeness (QED) is 0.908. The zero-order valence-corrected chi connectivity index (χ0v) is 11.4. The zero-order chi connectivity index (χ0) is 14.5. The molecule has 104 valence electrons. The standard InChI is InChI=1S/C16H17NO3/c1-17(9-8-16(19)20)15(18)11-12-6-7-13-4-2-3-5-14(13)10-12/h2-7,10H,8-9,11H2,1H3,(H,19,20). The first kappa shape index (κ1) is 14.1. The molecule has 2 rings (SSSR count). The van der Waals surface area contributed by atoms with Gasteiger partial charge in [0, 0.05) is 13.6 Å². The SMILES string of the molecule is CN(CCC(=O)O)C(=O)Cc1ccc2ccccc2c1. The molecule has 0 fully saturated rings. The molecule has 4 nitrogen and oxygen atoms in total. The number of hydrogen-bond acceptors (Lipinski definition) is 2. The highest BCUT2D eigenvalue weighted by molar-refractivity contribution is 5.85. The molecular weight excluding hydrogens is 254 g/mol. The topological polar surface area (TPSA) is 57.6 Å². The van der Waals surface area contributed by atoms with Crippen LogP contribution in [0.1, 0.15) is 12.0 Å². The monoisotopic (exact) mass is 271 g/mol. The number of hydrogen-bond donors (Lipinski definition) is 1. The summed E-state index contributed by atoms with van der Waals surface area (Å²) in [6.07, 6.45) is 0.265. The number of aliphatic carboxylic acids is 1. The molecule has 0 saturated carbocycles. The van der Waals surface area contributed by atoms with Crippen molar-refractivity contribution in [3.05, 3.63) is 48.0 Å². The van der Waals surface area contributed by atoms with E-state index in [9.17, 15) is 9.59 Å². The van der Waals surface area contributed by atoms with Gasteiger partial charge in [0.1, 0.15) is 0 Å².